The van der Waals surface area contributed by atoms with Gasteiger partial charge in [0.25, 0.3) is 5.91 Å². The van der Waals surface area contributed by atoms with Crippen LogP contribution in [-0.2, 0) is 4.74 Å². The third-order valence-electron chi connectivity index (χ3n) is 4.46. The van der Waals surface area contributed by atoms with Crippen LogP contribution in [0.25, 0.3) is 16.8 Å². The maximum absolute atomic E-state index is 12.7. The average Bonchev–Trinajstić information content (AvgIpc) is 3.18. The van der Waals surface area contributed by atoms with Crippen molar-refractivity contribution in [2.45, 2.75) is 38.8 Å². The van der Waals surface area contributed by atoms with E-state index >= 15 is 0 Å². The minimum absolute atomic E-state index is 0.0377. The van der Waals surface area contributed by atoms with E-state index in [2.05, 4.69) is 15.6 Å². The Hall–Kier alpha value is -3.51. The molecule has 0 aliphatic carbocycles. The molecule has 0 aliphatic rings. The van der Waals surface area contributed by atoms with Crippen molar-refractivity contribution >= 4 is 29.2 Å². The molecular formula is C23H24ClF3N4O5. The molecule has 2 aromatic heterocycles. The lowest BCUT2D eigenvalue weighted by molar-refractivity contribution is -0.153. The monoisotopic (exact) mass is 528 g/mol. The number of aliphatic hydroxyl groups is 1. The number of alkyl carbamates (subject to hydrolysis) is 1. The van der Waals surface area contributed by atoms with Crippen LogP contribution < -0.4 is 15.4 Å². The van der Waals surface area contributed by atoms with E-state index in [9.17, 15) is 27.9 Å². The molecule has 9 nitrogen and oxygen atoms in total. The lowest BCUT2D eigenvalue weighted by Crippen LogP contribution is -2.45. The van der Waals surface area contributed by atoms with E-state index in [-0.39, 0.29) is 28.7 Å². The largest absolute Gasteiger partial charge is 0.483 e. The molecule has 0 radical (unpaired) electrons. The fourth-order valence-corrected chi connectivity index (χ4v) is 3.33. The molecule has 3 N–H and O–H groups in total. The molecule has 0 spiro atoms. The Morgan fingerprint density at radius 1 is 1.17 bits per heavy atom. The van der Waals surface area contributed by atoms with Gasteiger partial charge in [0, 0.05) is 23.5 Å². The number of halogens is 4. The number of amides is 2. The molecule has 0 saturated carbocycles. The van der Waals surface area contributed by atoms with E-state index in [1.165, 1.54) is 35.0 Å². The Balaban J connectivity index is 1.80. The van der Waals surface area contributed by atoms with Crippen molar-refractivity contribution in [1.82, 2.24) is 20.0 Å². The molecule has 0 saturated heterocycles. The van der Waals surface area contributed by atoms with Gasteiger partial charge >= 0.3 is 12.3 Å². The molecule has 2 heterocycles. The number of fused-ring (bicyclic) bond motifs is 1. The number of nitrogens with one attached hydrogen (secondary N) is 2. The maximum atomic E-state index is 12.7. The van der Waals surface area contributed by atoms with Gasteiger partial charge in [-0.3, -0.25) is 10.1 Å². The summed E-state index contributed by atoms with van der Waals surface area (Å²) >= 11 is 6.21. The molecule has 0 bridgehead atoms. The normalized spacial score (nSPS) is 12.8. The molecule has 13 heteroatoms. The number of aliphatic hydroxyl groups excluding tert-OH is 1. The van der Waals surface area contributed by atoms with Crippen LogP contribution >= 0.6 is 11.6 Å². The Morgan fingerprint density at radius 3 is 2.53 bits per heavy atom. The van der Waals surface area contributed by atoms with Gasteiger partial charge in [0.15, 0.2) is 6.61 Å². The summed E-state index contributed by atoms with van der Waals surface area (Å²) in [6.07, 6.45) is -3.97. The van der Waals surface area contributed by atoms with E-state index in [0.29, 0.717) is 11.1 Å². The number of hydrogen-bond acceptors (Lipinski definition) is 6. The number of pyridine rings is 1. The maximum Gasteiger partial charge on any atom is 0.422 e. The minimum atomic E-state index is -4.53. The molecule has 0 fully saturated rings. The van der Waals surface area contributed by atoms with E-state index in [1.54, 1.807) is 32.9 Å². The molecule has 36 heavy (non-hydrogen) atoms. The number of benzene rings is 1. The standard InChI is InChI=1S/C23H24ClF3N4O5/c1-22(2,3)36-21(34)30-18(32)9-28-20(33)16-11-31-10-13(24)8-15(19(31)29-16)14-6-4-5-7-17(14)35-12-23(25,26)27/h4-8,10-11,18,32H,9,12H2,1-3H3,(H,28,33)(H,30,34). The van der Waals surface area contributed by atoms with E-state index in [4.69, 9.17) is 21.1 Å². The van der Waals surface area contributed by atoms with Gasteiger partial charge in [-0.15, -0.1) is 0 Å². The zero-order valence-electron chi connectivity index (χ0n) is 19.5. The highest BCUT2D eigenvalue weighted by Crippen LogP contribution is 2.35. The Morgan fingerprint density at radius 2 is 1.86 bits per heavy atom. The molecule has 1 unspecified atom stereocenters. The third kappa shape index (κ3) is 7.49. The van der Waals surface area contributed by atoms with Gasteiger partial charge in [0.05, 0.1) is 11.6 Å². The first-order chi connectivity index (χ1) is 16.7. The predicted molar refractivity (Wildman–Crippen MR) is 125 cm³/mol. The molecule has 1 aromatic carbocycles. The summed E-state index contributed by atoms with van der Waals surface area (Å²) in [5.41, 5.74) is 0.0466. The Bertz CT molecular complexity index is 1260. The predicted octanol–water partition coefficient (Wildman–Crippen LogP) is 4.17. The minimum Gasteiger partial charge on any atom is -0.483 e. The quantitative estimate of drug-likeness (QED) is 0.397. The topological polar surface area (TPSA) is 114 Å². The molecule has 2 amide bonds. The fraction of sp³-hybridized carbons (Fsp3) is 0.348. The molecule has 194 valence electrons. The summed E-state index contributed by atoms with van der Waals surface area (Å²) in [7, 11) is 0. The van der Waals surface area contributed by atoms with Gasteiger partial charge in [0.1, 0.15) is 28.9 Å². The number of carbonyl (C=O) groups is 2. The van der Waals surface area contributed by atoms with Gasteiger partial charge in [-0.2, -0.15) is 13.2 Å². The molecule has 1 atom stereocenters. The highest BCUT2D eigenvalue weighted by Gasteiger charge is 2.29. The number of hydrogen-bond donors (Lipinski definition) is 3. The smallest absolute Gasteiger partial charge is 0.422 e. The van der Waals surface area contributed by atoms with Crippen molar-refractivity contribution in [2.75, 3.05) is 13.2 Å². The molecule has 3 aromatic rings. The third-order valence-corrected chi connectivity index (χ3v) is 4.67. The van der Waals surface area contributed by atoms with Crippen molar-refractivity contribution in [3.8, 4) is 16.9 Å². The highest BCUT2D eigenvalue weighted by molar-refractivity contribution is 6.31. The van der Waals surface area contributed by atoms with Crippen LogP contribution in [0.3, 0.4) is 0 Å². The zero-order chi connectivity index (χ0) is 26.7. The second-order valence-corrected chi connectivity index (χ2v) is 9.14. The first-order valence-electron chi connectivity index (χ1n) is 10.6. The highest BCUT2D eigenvalue weighted by atomic mass is 35.5. The van der Waals surface area contributed by atoms with Gasteiger partial charge in [0.2, 0.25) is 0 Å². The van der Waals surface area contributed by atoms with Crippen molar-refractivity contribution in [3.05, 3.63) is 53.4 Å². The van der Waals surface area contributed by atoms with Crippen LogP contribution in [0.15, 0.2) is 42.7 Å². The fourth-order valence-electron chi connectivity index (χ4n) is 3.12. The zero-order valence-corrected chi connectivity index (χ0v) is 20.3. The number of nitrogens with zero attached hydrogens (tertiary/aromatic N) is 2. The summed E-state index contributed by atoms with van der Waals surface area (Å²) < 4.78 is 49.5. The van der Waals surface area contributed by atoms with Crippen LogP contribution in [0.4, 0.5) is 18.0 Å². The van der Waals surface area contributed by atoms with Crippen molar-refractivity contribution < 1.29 is 37.3 Å². The number of ether oxygens (including phenoxy) is 2. The number of alkyl halides is 3. The van der Waals surface area contributed by atoms with Crippen molar-refractivity contribution in [3.63, 3.8) is 0 Å². The SMILES string of the molecule is CC(C)(C)OC(=O)NC(O)CNC(=O)c1cn2cc(Cl)cc(-c3ccccc3OCC(F)(F)F)c2n1. The second kappa shape index (κ2) is 10.6. The van der Waals surface area contributed by atoms with Crippen LogP contribution in [0.1, 0.15) is 31.3 Å². The summed E-state index contributed by atoms with van der Waals surface area (Å²) in [6, 6.07) is 7.56. The summed E-state index contributed by atoms with van der Waals surface area (Å²) in [6.45, 7) is 3.15. The lowest BCUT2D eigenvalue weighted by Gasteiger charge is -2.21. The molecule has 3 rings (SSSR count). The Kier molecular flexibility index (Phi) is 7.99. The van der Waals surface area contributed by atoms with Gasteiger partial charge in [-0.1, -0.05) is 29.8 Å². The average molecular weight is 529 g/mol. The van der Waals surface area contributed by atoms with E-state index in [1.807, 2.05) is 0 Å². The van der Waals surface area contributed by atoms with E-state index in [0.717, 1.165) is 0 Å². The number of rotatable bonds is 7. The Labute approximate surface area is 209 Å². The van der Waals surface area contributed by atoms with Crippen molar-refractivity contribution in [2.24, 2.45) is 0 Å². The van der Waals surface area contributed by atoms with Gasteiger partial charge < -0.3 is 24.3 Å². The first-order valence-corrected chi connectivity index (χ1v) is 11.0. The van der Waals surface area contributed by atoms with E-state index < -0.39 is 36.6 Å². The number of imidazole rings is 1. The number of aromatic nitrogens is 2. The van der Waals surface area contributed by atoms with Gasteiger partial charge in [-0.05, 0) is 32.9 Å². The molecular weight excluding hydrogens is 505 g/mol. The summed E-state index contributed by atoms with van der Waals surface area (Å²) in [5.74, 6) is -0.711. The number of para-hydroxylation sites is 1. The summed E-state index contributed by atoms with van der Waals surface area (Å²) in [4.78, 5) is 28.6. The molecule has 0 aliphatic heterocycles. The lowest BCUT2D eigenvalue weighted by atomic mass is 10.1. The number of carbonyl (C=O) groups excluding carboxylic acids is 2. The van der Waals surface area contributed by atoms with Crippen LogP contribution in [0.2, 0.25) is 5.02 Å². The van der Waals surface area contributed by atoms with Crippen molar-refractivity contribution in [1.29, 1.82) is 0 Å². The first kappa shape index (κ1) is 27.1. The summed E-state index contributed by atoms with van der Waals surface area (Å²) in [5, 5.41) is 14.8. The van der Waals surface area contributed by atoms with Gasteiger partial charge in [-0.25, -0.2) is 9.78 Å². The second-order valence-electron chi connectivity index (χ2n) is 8.70. The van der Waals surface area contributed by atoms with Crippen LogP contribution in [-0.4, -0.2) is 57.6 Å². The van der Waals surface area contributed by atoms with Crippen LogP contribution in [0, 0.1) is 0 Å². The van der Waals surface area contributed by atoms with Crippen LogP contribution in [0.5, 0.6) is 5.75 Å².